The van der Waals surface area contributed by atoms with E-state index >= 15 is 0 Å². The summed E-state index contributed by atoms with van der Waals surface area (Å²) in [6, 6.07) is 0. The monoisotopic (exact) mass is 290 g/mol. The predicted octanol–water partition coefficient (Wildman–Crippen LogP) is 1.24. The average Bonchev–Trinajstić information content (AvgIpc) is 2.10. The first-order valence-corrected chi connectivity index (χ1v) is 8.56. The maximum atomic E-state index is 11.8. The number of hydrogen-bond acceptors (Lipinski definition) is 3. The fraction of sp³-hybridized carbons (Fsp3) is 0.923. The molecule has 6 heteroatoms. The summed E-state index contributed by atoms with van der Waals surface area (Å²) in [7, 11) is -3.49. The van der Waals surface area contributed by atoms with Crippen LogP contribution in [0.2, 0.25) is 0 Å². The third-order valence-electron chi connectivity index (χ3n) is 3.66. The minimum atomic E-state index is -3.49. The Bertz CT molecular complexity index is 418. The Labute approximate surface area is 116 Å². The first-order valence-electron chi connectivity index (χ1n) is 6.84. The molecule has 0 aromatic carbocycles. The third-order valence-corrected chi connectivity index (χ3v) is 4.43. The summed E-state index contributed by atoms with van der Waals surface area (Å²) in [6.07, 6.45) is 3.82. The van der Waals surface area contributed by atoms with Crippen LogP contribution in [0.25, 0.3) is 0 Å². The van der Waals surface area contributed by atoms with E-state index in [1.807, 2.05) is 0 Å². The lowest BCUT2D eigenvalue weighted by Crippen LogP contribution is -2.35. The van der Waals surface area contributed by atoms with Crippen molar-refractivity contribution in [3.63, 3.8) is 0 Å². The van der Waals surface area contributed by atoms with Gasteiger partial charge in [0.15, 0.2) is 0 Å². The van der Waals surface area contributed by atoms with E-state index in [2.05, 4.69) is 26.1 Å². The van der Waals surface area contributed by atoms with Gasteiger partial charge in [0.1, 0.15) is 0 Å². The first-order chi connectivity index (χ1) is 8.57. The van der Waals surface area contributed by atoms with Crippen LogP contribution in [0.3, 0.4) is 0 Å². The Morgan fingerprint density at radius 1 is 1.37 bits per heavy atom. The second kappa shape index (κ2) is 6.22. The van der Waals surface area contributed by atoms with Crippen molar-refractivity contribution in [2.24, 2.45) is 22.4 Å². The van der Waals surface area contributed by atoms with Crippen LogP contribution in [0, 0.1) is 17.3 Å². The van der Waals surface area contributed by atoms with E-state index < -0.39 is 10.0 Å². The predicted molar refractivity (Wildman–Crippen MR) is 75.9 cm³/mol. The quantitative estimate of drug-likeness (QED) is 0.798. The van der Waals surface area contributed by atoms with Crippen LogP contribution in [0.5, 0.6) is 0 Å². The molecule has 0 heterocycles. The molecule has 19 heavy (non-hydrogen) atoms. The average molecular weight is 290 g/mol. The van der Waals surface area contributed by atoms with Crippen molar-refractivity contribution < 1.29 is 13.2 Å². The van der Waals surface area contributed by atoms with Crippen molar-refractivity contribution in [1.82, 2.24) is 5.32 Å². The second-order valence-electron chi connectivity index (χ2n) is 6.70. The molecular formula is C13H26N2O3S. The highest BCUT2D eigenvalue weighted by atomic mass is 32.2. The molecule has 2 atom stereocenters. The highest BCUT2D eigenvalue weighted by molar-refractivity contribution is 7.89. The van der Waals surface area contributed by atoms with E-state index in [1.165, 1.54) is 6.42 Å². The highest BCUT2D eigenvalue weighted by Crippen LogP contribution is 2.42. The van der Waals surface area contributed by atoms with Crippen molar-refractivity contribution >= 4 is 15.9 Å². The van der Waals surface area contributed by atoms with E-state index in [4.69, 9.17) is 5.14 Å². The van der Waals surface area contributed by atoms with Crippen molar-refractivity contribution in [1.29, 1.82) is 0 Å². The van der Waals surface area contributed by atoms with Crippen LogP contribution in [-0.4, -0.2) is 26.6 Å². The third kappa shape index (κ3) is 6.92. The molecule has 0 aliphatic heterocycles. The molecule has 0 saturated heterocycles. The van der Waals surface area contributed by atoms with Gasteiger partial charge in [0.2, 0.25) is 15.9 Å². The minimum absolute atomic E-state index is 0.0708. The Morgan fingerprint density at radius 3 is 2.53 bits per heavy atom. The van der Waals surface area contributed by atoms with Crippen LogP contribution in [0.4, 0.5) is 0 Å². The number of nitrogens with two attached hydrogens (primary N) is 1. The summed E-state index contributed by atoms with van der Waals surface area (Å²) in [5.74, 6) is 0.767. The Balaban J connectivity index is 2.36. The summed E-state index contributed by atoms with van der Waals surface area (Å²) in [6.45, 7) is 6.82. The number of sulfonamides is 1. The SMILES string of the molecule is C[C@@H]1C[C@H](CC(=O)NCCS(N)(=O)=O)CC(C)(C)C1. The number of carbonyl (C=O) groups excluding carboxylic acids is 1. The van der Waals surface area contributed by atoms with Crippen molar-refractivity contribution in [2.75, 3.05) is 12.3 Å². The zero-order chi connectivity index (χ0) is 14.7. The van der Waals surface area contributed by atoms with E-state index in [-0.39, 0.29) is 18.2 Å². The number of carbonyl (C=O) groups is 1. The van der Waals surface area contributed by atoms with E-state index in [0.29, 0.717) is 23.7 Å². The summed E-state index contributed by atoms with van der Waals surface area (Å²) in [5.41, 5.74) is 0.295. The fourth-order valence-corrected chi connectivity index (χ4v) is 3.75. The second-order valence-corrected chi connectivity index (χ2v) is 8.43. The number of hydrogen-bond donors (Lipinski definition) is 2. The molecule has 1 amide bonds. The molecule has 112 valence electrons. The smallest absolute Gasteiger partial charge is 0.220 e. The summed E-state index contributed by atoms with van der Waals surface area (Å²) in [5, 5.41) is 7.51. The van der Waals surface area contributed by atoms with Gasteiger partial charge in [-0.15, -0.1) is 0 Å². The summed E-state index contributed by atoms with van der Waals surface area (Å²) < 4.78 is 21.5. The largest absolute Gasteiger partial charge is 0.355 e. The van der Waals surface area contributed by atoms with Gasteiger partial charge in [-0.2, -0.15) is 0 Å². The van der Waals surface area contributed by atoms with Gasteiger partial charge in [0.25, 0.3) is 0 Å². The number of amides is 1. The van der Waals surface area contributed by atoms with E-state index in [0.717, 1.165) is 12.8 Å². The van der Waals surface area contributed by atoms with Gasteiger partial charge >= 0.3 is 0 Å². The van der Waals surface area contributed by atoms with Crippen LogP contribution in [-0.2, 0) is 14.8 Å². The van der Waals surface area contributed by atoms with Gasteiger partial charge < -0.3 is 5.32 Å². The maximum absolute atomic E-state index is 11.8. The molecule has 0 aromatic rings. The van der Waals surface area contributed by atoms with E-state index in [9.17, 15) is 13.2 Å². The van der Waals surface area contributed by atoms with Gasteiger partial charge in [-0.3, -0.25) is 4.79 Å². The van der Waals surface area contributed by atoms with Crippen molar-refractivity contribution in [2.45, 2.75) is 46.5 Å². The highest BCUT2D eigenvalue weighted by Gasteiger charge is 2.32. The Morgan fingerprint density at radius 2 is 2.00 bits per heavy atom. The van der Waals surface area contributed by atoms with Crippen molar-refractivity contribution in [3.8, 4) is 0 Å². The molecule has 0 bridgehead atoms. The van der Waals surface area contributed by atoms with Gasteiger partial charge in [-0.25, -0.2) is 13.6 Å². The van der Waals surface area contributed by atoms with Gasteiger partial charge in [0, 0.05) is 13.0 Å². The van der Waals surface area contributed by atoms with Gasteiger partial charge in [0.05, 0.1) is 5.75 Å². The normalized spacial score (nSPS) is 26.9. The van der Waals surface area contributed by atoms with Crippen LogP contribution in [0.1, 0.15) is 46.5 Å². The lowest BCUT2D eigenvalue weighted by Gasteiger charge is -2.38. The molecule has 3 N–H and O–H groups in total. The molecule has 0 spiro atoms. The standard InChI is InChI=1S/C13H26N2O3S/c1-10-6-11(9-13(2,3)8-10)7-12(16)15-4-5-19(14,17)18/h10-11H,4-9H2,1-3H3,(H,15,16)(H2,14,17,18)/t10-,11-/m1/s1. The zero-order valence-corrected chi connectivity index (χ0v) is 12.9. The molecule has 5 nitrogen and oxygen atoms in total. The molecule has 1 rings (SSSR count). The van der Waals surface area contributed by atoms with Crippen LogP contribution < -0.4 is 10.5 Å². The fourth-order valence-electron chi connectivity index (χ4n) is 3.37. The Kier molecular flexibility index (Phi) is 5.38. The maximum Gasteiger partial charge on any atom is 0.220 e. The Hall–Kier alpha value is -0.620. The molecule has 0 radical (unpaired) electrons. The zero-order valence-electron chi connectivity index (χ0n) is 12.1. The number of nitrogens with one attached hydrogen (secondary N) is 1. The molecule has 1 saturated carbocycles. The van der Waals surface area contributed by atoms with Crippen LogP contribution in [0.15, 0.2) is 0 Å². The lowest BCUT2D eigenvalue weighted by molar-refractivity contribution is -0.122. The molecule has 1 fully saturated rings. The van der Waals surface area contributed by atoms with Crippen LogP contribution >= 0.6 is 0 Å². The number of rotatable bonds is 5. The van der Waals surface area contributed by atoms with Gasteiger partial charge in [-0.05, 0) is 36.5 Å². The molecular weight excluding hydrogens is 264 g/mol. The number of primary sulfonamides is 1. The summed E-state index contributed by atoms with van der Waals surface area (Å²) >= 11 is 0. The molecule has 0 aromatic heterocycles. The topological polar surface area (TPSA) is 89.3 Å². The minimum Gasteiger partial charge on any atom is -0.355 e. The van der Waals surface area contributed by atoms with E-state index in [1.54, 1.807) is 0 Å². The van der Waals surface area contributed by atoms with Gasteiger partial charge in [-0.1, -0.05) is 20.8 Å². The molecule has 1 aliphatic carbocycles. The molecule has 0 unspecified atom stereocenters. The molecule has 1 aliphatic rings. The first kappa shape index (κ1) is 16.4. The van der Waals surface area contributed by atoms with Crippen molar-refractivity contribution in [3.05, 3.63) is 0 Å². The lowest BCUT2D eigenvalue weighted by atomic mass is 9.67. The summed E-state index contributed by atoms with van der Waals surface area (Å²) in [4.78, 5) is 11.8.